The van der Waals surface area contributed by atoms with Crippen LogP contribution in [0.5, 0.6) is 0 Å². The SMILES string of the molecule is CCN(CC)CCNc1ncc(C)c(-c2c[nH]c(C(=O)NCc3ccc(F)c(F)c3)c2)n1. The number of carbonyl (C=O) groups excluding carboxylic acids is 1. The highest BCUT2D eigenvalue weighted by Crippen LogP contribution is 2.22. The molecule has 7 nitrogen and oxygen atoms in total. The normalized spacial score (nSPS) is 11.1. The summed E-state index contributed by atoms with van der Waals surface area (Å²) in [5.74, 6) is -1.69. The van der Waals surface area contributed by atoms with Crippen LogP contribution in [0.25, 0.3) is 11.3 Å². The molecule has 0 aliphatic rings. The van der Waals surface area contributed by atoms with Crippen LogP contribution in [0.2, 0.25) is 0 Å². The molecule has 0 aliphatic carbocycles. The Bertz CT molecular complexity index is 1060. The van der Waals surface area contributed by atoms with Gasteiger partial charge in [0.2, 0.25) is 5.95 Å². The molecule has 2 aromatic heterocycles. The summed E-state index contributed by atoms with van der Waals surface area (Å²) in [7, 11) is 0. The number of nitrogens with zero attached hydrogens (tertiary/aromatic N) is 3. The summed E-state index contributed by atoms with van der Waals surface area (Å²) in [5, 5.41) is 5.94. The third-order valence-electron chi connectivity index (χ3n) is 5.22. The molecule has 170 valence electrons. The van der Waals surface area contributed by atoms with E-state index >= 15 is 0 Å². The number of amides is 1. The number of hydrogen-bond acceptors (Lipinski definition) is 5. The van der Waals surface area contributed by atoms with E-state index in [1.807, 2.05) is 6.92 Å². The number of benzene rings is 1. The molecule has 0 unspecified atom stereocenters. The predicted molar refractivity (Wildman–Crippen MR) is 120 cm³/mol. The van der Waals surface area contributed by atoms with Crippen LogP contribution in [0.3, 0.4) is 0 Å². The summed E-state index contributed by atoms with van der Waals surface area (Å²) >= 11 is 0. The van der Waals surface area contributed by atoms with E-state index in [0.29, 0.717) is 17.2 Å². The van der Waals surface area contributed by atoms with Crippen LogP contribution in [0.15, 0.2) is 36.7 Å². The quantitative estimate of drug-likeness (QED) is 0.445. The van der Waals surface area contributed by atoms with Gasteiger partial charge in [-0.25, -0.2) is 18.7 Å². The summed E-state index contributed by atoms with van der Waals surface area (Å²) in [5.41, 5.74) is 3.18. The van der Waals surface area contributed by atoms with Gasteiger partial charge < -0.3 is 20.5 Å². The molecule has 0 saturated carbocycles. The first-order chi connectivity index (χ1) is 15.4. The number of halogens is 2. The summed E-state index contributed by atoms with van der Waals surface area (Å²) in [6.45, 7) is 9.84. The fourth-order valence-electron chi connectivity index (χ4n) is 3.27. The Hall–Kier alpha value is -3.33. The Morgan fingerprint density at radius 2 is 1.94 bits per heavy atom. The van der Waals surface area contributed by atoms with E-state index in [9.17, 15) is 13.6 Å². The van der Waals surface area contributed by atoms with Gasteiger partial charge in [0, 0.05) is 37.6 Å². The summed E-state index contributed by atoms with van der Waals surface area (Å²) in [6.07, 6.45) is 3.46. The number of aryl methyl sites for hydroxylation is 1. The minimum Gasteiger partial charge on any atom is -0.357 e. The van der Waals surface area contributed by atoms with Crippen molar-refractivity contribution in [2.24, 2.45) is 0 Å². The first kappa shape index (κ1) is 23.3. The maximum absolute atomic E-state index is 13.3. The zero-order valence-electron chi connectivity index (χ0n) is 18.5. The molecule has 0 aliphatic heterocycles. The van der Waals surface area contributed by atoms with Gasteiger partial charge in [-0.15, -0.1) is 0 Å². The van der Waals surface area contributed by atoms with Crippen LogP contribution in [0.1, 0.15) is 35.5 Å². The van der Waals surface area contributed by atoms with Crippen molar-refractivity contribution in [3.8, 4) is 11.3 Å². The monoisotopic (exact) mass is 442 g/mol. The van der Waals surface area contributed by atoms with E-state index < -0.39 is 11.6 Å². The van der Waals surface area contributed by atoms with Gasteiger partial charge in [0.05, 0.1) is 5.69 Å². The molecule has 0 saturated heterocycles. The second-order valence-electron chi connectivity index (χ2n) is 7.41. The van der Waals surface area contributed by atoms with Gasteiger partial charge in [0.1, 0.15) is 5.69 Å². The minimum atomic E-state index is -0.945. The molecule has 0 radical (unpaired) electrons. The van der Waals surface area contributed by atoms with E-state index in [1.165, 1.54) is 6.07 Å². The second kappa shape index (κ2) is 10.8. The molecule has 1 aromatic carbocycles. The molecule has 32 heavy (non-hydrogen) atoms. The maximum atomic E-state index is 13.3. The van der Waals surface area contributed by atoms with Gasteiger partial charge in [-0.3, -0.25) is 4.79 Å². The Kier molecular flexibility index (Phi) is 7.88. The number of anilines is 1. The summed E-state index contributed by atoms with van der Waals surface area (Å²) in [4.78, 5) is 26.7. The third kappa shape index (κ3) is 5.88. The molecule has 0 spiro atoms. The second-order valence-corrected chi connectivity index (χ2v) is 7.41. The number of aromatic nitrogens is 3. The fraction of sp³-hybridized carbons (Fsp3) is 0.348. The number of aromatic amines is 1. The van der Waals surface area contributed by atoms with E-state index in [-0.39, 0.29) is 12.5 Å². The van der Waals surface area contributed by atoms with Crippen molar-refractivity contribution in [1.29, 1.82) is 0 Å². The highest BCUT2D eigenvalue weighted by molar-refractivity contribution is 5.93. The standard InChI is InChI=1S/C23H28F2N6O/c1-4-31(5-2)9-8-26-23-29-12-15(3)21(30-23)17-11-20(27-14-17)22(32)28-13-16-6-7-18(24)19(25)10-16/h6-7,10-12,14,27H,4-5,8-9,13H2,1-3H3,(H,28,32)(H,26,29,30). The molecule has 3 N–H and O–H groups in total. The van der Waals surface area contributed by atoms with Crippen LogP contribution in [0, 0.1) is 18.6 Å². The maximum Gasteiger partial charge on any atom is 0.267 e. The zero-order valence-corrected chi connectivity index (χ0v) is 18.5. The lowest BCUT2D eigenvalue weighted by Gasteiger charge is -2.18. The molecule has 3 aromatic rings. The van der Waals surface area contributed by atoms with Gasteiger partial charge in [0.25, 0.3) is 5.91 Å². The van der Waals surface area contributed by atoms with Crippen molar-refractivity contribution in [3.05, 3.63) is 65.1 Å². The molecule has 0 fully saturated rings. The smallest absolute Gasteiger partial charge is 0.267 e. The molecule has 0 bridgehead atoms. The van der Waals surface area contributed by atoms with E-state index in [4.69, 9.17) is 0 Å². The Morgan fingerprint density at radius 1 is 1.16 bits per heavy atom. The first-order valence-electron chi connectivity index (χ1n) is 10.6. The van der Waals surface area contributed by atoms with Crippen LogP contribution in [-0.4, -0.2) is 51.9 Å². The molecule has 2 heterocycles. The van der Waals surface area contributed by atoms with Crippen molar-refractivity contribution in [2.75, 3.05) is 31.5 Å². The average Bonchev–Trinajstić information content (AvgIpc) is 3.28. The Morgan fingerprint density at radius 3 is 2.66 bits per heavy atom. The topological polar surface area (TPSA) is 85.9 Å². The molecule has 9 heteroatoms. The van der Waals surface area contributed by atoms with E-state index in [0.717, 1.165) is 55.1 Å². The van der Waals surface area contributed by atoms with Gasteiger partial charge in [-0.2, -0.15) is 0 Å². The van der Waals surface area contributed by atoms with Crippen molar-refractivity contribution < 1.29 is 13.6 Å². The zero-order chi connectivity index (χ0) is 23.1. The van der Waals surface area contributed by atoms with Crippen molar-refractivity contribution in [3.63, 3.8) is 0 Å². The lowest BCUT2D eigenvalue weighted by Crippen LogP contribution is -2.29. The molecular formula is C23H28F2N6O. The van der Waals surface area contributed by atoms with Gasteiger partial charge >= 0.3 is 0 Å². The van der Waals surface area contributed by atoms with E-state index in [2.05, 4.69) is 44.3 Å². The van der Waals surface area contributed by atoms with Crippen molar-refractivity contribution in [2.45, 2.75) is 27.3 Å². The Balaban J connectivity index is 1.64. The minimum absolute atomic E-state index is 0.0809. The van der Waals surface area contributed by atoms with E-state index in [1.54, 1.807) is 18.5 Å². The van der Waals surface area contributed by atoms with Crippen LogP contribution in [0.4, 0.5) is 14.7 Å². The number of rotatable bonds is 10. The Labute approximate surface area is 186 Å². The average molecular weight is 443 g/mol. The van der Waals surface area contributed by atoms with Crippen LogP contribution in [-0.2, 0) is 6.54 Å². The van der Waals surface area contributed by atoms with Crippen LogP contribution >= 0.6 is 0 Å². The lowest BCUT2D eigenvalue weighted by molar-refractivity contribution is 0.0946. The third-order valence-corrected chi connectivity index (χ3v) is 5.22. The number of carbonyl (C=O) groups is 1. The molecule has 1 amide bonds. The summed E-state index contributed by atoms with van der Waals surface area (Å²) in [6, 6.07) is 5.23. The lowest BCUT2D eigenvalue weighted by atomic mass is 10.1. The largest absolute Gasteiger partial charge is 0.357 e. The van der Waals surface area contributed by atoms with Crippen molar-refractivity contribution in [1.82, 2.24) is 25.2 Å². The highest BCUT2D eigenvalue weighted by atomic mass is 19.2. The number of likely N-dealkylation sites (N-methyl/N-ethyl adjacent to an activating group) is 1. The molecule has 0 atom stereocenters. The van der Waals surface area contributed by atoms with Crippen LogP contribution < -0.4 is 10.6 Å². The van der Waals surface area contributed by atoms with Gasteiger partial charge in [0.15, 0.2) is 11.6 Å². The van der Waals surface area contributed by atoms with Gasteiger partial charge in [-0.05, 0) is 49.3 Å². The fourth-order valence-corrected chi connectivity index (χ4v) is 3.27. The predicted octanol–water partition coefficient (Wildman–Crippen LogP) is 3.74. The number of hydrogen-bond donors (Lipinski definition) is 3. The summed E-state index contributed by atoms with van der Waals surface area (Å²) < 4.78 is 26.4. The van der Waals surface area contributed by atoms with Gasteiger partial charge in [-0.1, -0.05) is 19.9 Å². The first-order valence-corrected chi connectivity index (χ1v) is 10.6. The number of H-pyrrole nitrogens is 1. The molecule has 3 rings (SSSR count). The van der Waals surface area contributed by atoms with Crippen molar-refractivity contribution >= 4 is 11.9 Å². The number of nitrogens with one attached hydrogen (secondary N) is 3. The highest BCUT2D eigenvalue weighted by Gasteiger charge is 2.13. The molecular weight excluding hydrogens is 414 g/mol.